The number of likely N-dealkylation sites (tertiary alicyclic amines) is 1. The van der Waals surface area contributed by atoms with Gasteiger partial charge in [0.2, 0.25) is 0 Å². The average molecular weight is 281 g/mol. The summed E-state index contributed by atoms with van der Waals surface area (Å²) < 4.78 is 0. The molecule has 1 unspecified atom stereocenters. The lowest BCUT2D eigenvalue weighted by atomic mass is 9.83. The van der Waals surface area contributed by atoms with Gasteiger partial charge >= 0.3 is 0 Å². The van der Waals surface area contributed by atoms with Crippen LogP contribution >= 0.6 is 0 Å². The Morgan fingerprint density at radius 1 is 1.15 bits per heavy atom. The highest BCUT2D eigenvalue weighted by atomic mass is 15.1. The van der Waals surface area contributed by atoms with Crippen LogP contribution in [-0.2, 0) is 0 Å². The predicted molar refractivity (Wildman–Crippen MR) is 88.1 cm³/mol. The summed E-state index contributed by atoms with van der Waals surface area (Å²) in [6, 6.07) is 0. The van der Waals surface area contributed by atoms with Crippen molar-refractivity contribution in [3.8, 4) is 0 Å². The fourth-order valence-electron chi connectivity index (χ4n) is 4.07. The zero-order valence-corrected chi connectivity index (χ0v) is 14.3. The van der Waals surface area contributed by atoms with E-state index in [0.717, 1.165) is 5.92 Å². The highest BCUT2D eigenvalue weighted by Gasteiger charge is 2.37. The standard InChI is InChI=1S/C18H36N2/c1-5-16-9-8-12-20(13-16)15-18(10-6-7-11-18)14-19-17(2,3)4/h16,19H,5-15H2,1-4H3. The van der Waals surface area contributed by atoms with E-state index in [0.29, 0.717) is 5.41 Å². The van der Waals surface area contributed by atoms with E-state index < -0.39 is 0 Å². The first-order valence-electron chi connectivity index (χ1n) is 8.90. The van der Waals surface area contributed by atoms with E-state index in [-0.39, 0.29) is 5.54 Å². The average Bonchev–Trinajstić information content (AvgIpc) is 2.85. The minimum Gasteiger partial charge on any atom is -0.311 e. The molecule has 1 saturated carbocycles. The molecule has 2 heteroatoms. The third kappa shape index (κ3) is 4.73. The first-order valence-corrected chi connectivity index (χ1v) is 8.90. The van der Waals surface area contributed by atoms with Crippen LogP contribution < -0.4 is 5.32 Å². The number of piperidine rings is 1. The third-order valence-corrected chi connectivity index (χ3v) is 5.40. The number of nitrogens with zero attached hydrogens (tertiary/aromatic N) is 1. The van der Waals surface area contributed by atoms with Crippen LogP contribution in [0.1, 0.15) is 72.6 Å². The Labute approximate surface area is 126 Å². The second kappa shape index (κ2) is 6.79. The molecule has 1 aliphatic heterocycles. The highest BCUT2D eigenvalue weighted by Crippen LogP contribution is 2.39. The molecule has 1 N–H and O–H groups in total. The quantitative estimate of drug-likeness (QED) is 0.817. The Bertz CT molecular complexity index is 286. The summed E-state index contributed by atoms with van der Waals surface area (Å²) in [5.41, 5.74) is 0.812. The molecule has 0 aromatic heterocycles. The van der Waals surface area contributed by atoms with Crippen LogP contribution in [0, 0.1) is 11.3 Å². The van der Waals surface area contributed by atoms with E-state index in [1.807, 2.05) is 0 Å². The lowest BCUT2D eigenvalue weighted by Gasteiger charge is -2.41. The maximum atomic E-state index is 3.79. The van der Waals surface area contributed by atoms with Gasteiger partial charge in [0.1, 0.15) is 0 Å². The molecule has 0 aromatic rings. The molecular formula is C18H36N2. The van der Waals surface area contributed by atoms with Crippen molar-refractivity contribution in [3.63, 3.8) is 0 Å². The minimum absolute atomic E-state index is 0.253. The van der Waals surface area contributed by atoms with Gasteiger partial charge < -0.3 is 10.2 Å². The molecule has 0 spiro atoms. The van der Waals surface area contributed by atoms with Crippen molar-refractivity contribution < 1.29 is 0 Å². The largest absolute Gasteiger partial charge is 0.311 e. The van der Waals surface area contributed by atoms with Crippen LogP contribution in [-0.4, -0.2) is 36.6 Å². The molecule has 0 aromatic carbocycles. The van der Waals surface area contributed by atoms with Gasteiger partial charge in [0, 0.05) is 25.2 Å². The Hall–Kier alpha value is -0.0800. The predicted octanol–water partition coefficient (Wildman–Crippen LogP) is 4.06. The summed E-state index contributed by atoms with van der Waals surface area (Å²) in [6.07, 6.45) is 9.99. The molecule has 1 aliphatic carbocycles. The first kappa shape index (κ1) is 16.3. The summed E-state index contributed by atoms with van der Waals surface area (Å²) in [5, 5.41) is 3.79. The van der Waals surface area contributed by atoms with Crippen LogP contribution in [0.2, 0.25) is 0 Å². The maximum absolute atomic E-state index is 3.79. The van der Waals surface area contributed by atoms with Crippen molar-refractivity contribution in [3.05, 3.63) is 0 Å². The van der Waals surface area contributed by atoms with Gasteiger partial charge in [0.25, 0.3) is 0 Å². The van der Waals surface area contributed by atoms with Crippen LogP contribution in [0.15, 0.2) is 0 Å². The van der Waals surface area contributed by atoms with Gasteiger partial charge in [-0.05, 0) is 64.3 Å². The van der Waals surface area contributed by atoms with Gasteiger partial charge in [-0.15, -0.1) is 0 Å². The molecule has 2 nitrogen and oxygen atoms in total. The van der Waals surface area contributed by atoms with Gasteiger partial charge in [-0.3, -0.25) is 0 Å². The summed E-state index contributed by atoms with van der Waals surface area (Å²) in [6.45, 7) is 14.5. The number of hydrogen-bond acceptors (Lipinski definition) is 2. The molecule has 1 saturated heterocycles. The molecule has 0 bridgehead atoms. The Balaban J connectivity index is 1.91. The number of hydrogen-bond donors (Lipinski definition) is 1. The minimum atomic E-state index is 0.253. The van der Waals surface area contributed by atoms with Gasteiger partial charge in [0.05, 0.1) is 0 Å². The Morgan fingerprint density at radius 3 is 2.45 bits per heavy atom. The van der Waals surface area contributed by atoms with Crippen molar-refractivity contribution >= 4 is 0 Å². The monoisotopic (exact) mass is 280 g/mol. The fourth-order valence-corrected chi connectivity index (χ4v) is 4.07. The lowest BCUT2D eigenvalue weighted by molar-refractivity contribution is 0.0973. The van der Waals surface area contributed by atoms with Crippen LogP contribution in [0.5, 0.6) is 0 Å². The molecule has 2 aliphatic rings. The molecular weight excluding hydrogens is 244 g/mol. The highest BCUT2D eigenvalue weighted by molar-refractivity contribution is 4.92. The molecule has 2 rings (SSSR count). The summed E-state index contributed by atoms with van der Waals surface area (Å²) >= 11 is 0. The lowest BCUT2D eigenvalue weighted by Crippen LogP contribution is -2.49. The van der Waals surface area contributed by atoms with Gasteiger partial charge in [-0.25, -0.2) is 0 Å². The first-order chi connectivity index (χ1) is 9.42. The van der Waals surface area contributed by atoms with Crippen molar-refractivity contribution in [1.29, 1.82) is 0 Å². The van der Waals surface area contributed by atoms with Gasteiger partial charge in [-0.2, -0.15) is 0 Å². The number of nitrogens with one attached hydrogen (secondary N) is 1. The topological polar surface area (TPSA) is 15.3 Å². The second-order valence-corrected chi connectivity index (χ2v) is 8.46. The van der Waals surface area contributed by atoms with Crippen molar-refractivity contribution in [2.24, 2.45) is 11.3 Å². The van der Waals surface area contributed by atoms with Crippen molar-refractivity contribution in [2.45, 2.75) is 78.2 Å². The van der Waals surface area contributed by atoms with E-state index in [1.54, 1.807) is 0 Å². The Kier molecular flexibility index (Phi) is 5.53. The molecule has 0 amide bonds. The zero-order valence-electron chi connectivity index (χ0n) is 14.3. The summed E-state index contributed by atoms with van der Waals surface area (Å²) in [4.78, 5) is 2.79. The maximum Gasteiger partial charge on any atom is 0.00967 e. The normalized spacial score (nSPS) is 27.9. The van der Waals surface area contributed by atoms with Crippen LogP contribution in [0.25, 0.3) is 0 Å². The zero-order chi connectivity index (χ0) is 14.6. The second-order valence-electron chi connectivity index (χ2n) is 8.46. The molecule has 1 atom stereocenters. The van der Waals surface area contributed by atoms with E-state index in [4.69, 9.17) is 0 Å². The molecule has 2 fully saturated rings. The van der Waals surface area contributed by atoms with E-state index >= 15 is 0 Å². The molecule has 20 heavy (non-hydrogen) atoms. The molecule has 1 heterocycles. The summed E-state index contributed by atoms with van der Waals surface area (Å²) in [5.74, 6) is 0.956. The van der Waals surface area contributed by atoms with E-state index in [9.17, 15) is 0 Å². The van der Waals surface area contributed by atoms with Crippen molar-refractivity contribution in [1.82, 2.24) is 10.2 Å². The fraction of sp³-hybridized carbons (Fsp3) is 1.00. The van der Waals surface area contributed by atoms with Crippen molar-refractivity contribution in [2.75, 3.05) is 26.2 Å². The molecule has 0 radical (unpaired) electrons. The summed E-state index contributed by atoms with van der Waals surface area (Å²) in [7, 11) is 0. The van der Waals surface area contributed by atoms with E-state index in [1.165, 1.54) is 71.1 Å². The number of rotatable bonds is 5. The smallest absolute Gasteiger partial charge is 0.00967 e. The third-order valence-electron chi connectivity index (χ3n) is 5.40. The SMILES string of the molecule is CCC1CCCN(CC2(CNC(C)(C)C)CCCC2)C1. The van der Waals surface area contributed by atoms with Gasteiger partial charge in [0.15, 0.2) is 0 Å². The van der Waals surface area contributed by atoms with Crippen LogP contribution in [0.3, 0.4) is 0 Å². The van der Waals surface area contributed by atoms with Gasteiger partial charge in [-0.1, -0.05) is 26.2 Å². The molecule has 118 valence electrons. The Morgan fingerprint density at radius 2 is 1.85 bits per heavy atom. The van der Waals surface area contributed by atoms with E-state index in [2.05, 4.69) is 37.9 Å². The van der Waals surface area contributed by atoms with Crippen LogP contribution in [0.4, 0.5) is 0 Å².